The highest BCUT2D eigenvalue weighted by Crippen LogP contribution is 2.23. The van der Waals surface area contributed by atoms with Crippen LogP contribution in [0, 0.1) is 0 Å². The molecule has 0 atom stereocenters. The van der Waals surface area contributed by atoms with Crippen molar-refractivity contribution in [2.24, 2.45) is 0 Å². The Morgan fingerprint density at radius 1 is 0.862 bits per heavy atom. The fourth-order valence-electron chi connectivity index (χ4n) is 2.30. The SMILES string of the molecule is O=C(NNC(=O)c1ccccc1NS(=O)(=O)c1cccs1)c1ccc(Cl)cc1Cl. The zero-order chi connectivity index (χ0) is 21.0. The largest absolute Gasteiger partial charge is 0.278 e. The molecule has 2 amide bonds. The van der Waals surface area contributed by atoms with Crippen molar-refractivity contribution >= 4 is 62.1 Å². The van der Waals surface area contributed by atoms with E-state index >= 15 is 0 Å². The zero-order valence-electron chi connectivity index (χ0n) is 14.5. The van der Waals surface area contributed by atoms with Crippen molar-refractivity contribution in [3.05, 3.63) is 81.1 Å². The topological polar surface area (TPSA) is 104 Å². The number of benzene rings is 2. The van der Waals surface area contributed by atoms with Crippen LogP contribution in [0.5, 0.6) is 0 Å². The molecular formula is C18H13Cl2N3O4S2. The van der Waals surface area contributed by atoms with E-state index < -0.39 is 21.8 Å². The van der Waals surface area contributed by atoms with E-state index in [0.29, 0.717) is 5.02 Å². The lowest BCUT2D eigenvalue weighted by Gasteiger charge is -2.13. The maximum atomic E-state index is 12.5. The third-order valence-corrected chi connectivity index (χ3v) is 6.95. The van der Waals surface area contributed by atoms with Gasteiger partial charge in [-0.25, -0.2) is 8.42 Å². The summed E-state index contributed by atoms with van der Waals surface area (Å²) in [4.78, 5) is 24.7. The molecule has 1 heterocycles. The first kappa shape index (κ1) is 21.1. The summed E-state index contributed by atoms with van der Waals surface area (Å²) in [6.45, 7) is 0. The lowest BCUT2D eigenvalue weighted by atomic mass is 10.2. The Morgan fingerprint density at radius 3 is 2.21 bits per heavy atom. The summed E-state index contributed by atoms with van der Waals surface area (Å²) < 4.78 is 27.3. The number of anilines is 1. The lowest BCUT2D eigenvalue weighted by molar-refractivity contribution is 0.0847. The van der Waals surface area contributed by atoms with Gasteiger partial charge in [-0.3, -0.25) is 25.2 Å². The second-order valence-corrected chi connectivity index (χ2v) is 9.32. The van der Waals surface area contributed by atoms with Gasteiger partial charge in [-0.15, -0.1) is 11.3 Å². The van der Waals surface area contributed by atoms with Gasteiger partial charge in [0.05, 0.1) is 21.8 Å². The number of hydrogen-bond donors (Lipinski definition) is 3. The minimum atomic E-state index is -3.84. The van der Waals surface area contributed by atoms with E-state index in [1.807, 2.05) is 0 Å². The Balaban J connectivity index is 1.74. The van der Waals surface area contributed by atoms with Crippen molar-refractivity contribution in [3.63, 3.8) is 0 Å². The molecule has 0 bridgehead atoms. The summed E-state index contributed by atoms with van der Waals surface area (Å²) in [7, 11) is -3.84. The van der Waals surface area contributed by atoms with E-state index in [0.717, 1.165) is 11.3 Å². The molecule has 11 heteroatoms. The molecule has 3 N–H and O–H groups in total. The number of sulfonamides is 1. The summed E-state index contributed by atoms with van der Waals surface area (Å²) in [6, 6.07) is 13.4. The Labute approximate surface area is 180 Å². The molecule has 7 nitrogen and oxygen atoms in total. The van der Waals surface area contributed by atoms with Crippen LogP contribution in [0.15, 0.2) is 64.2 Å². The Bertz CT molecular complexity index is 1170. The maximum absolute atomic E-state index is 12.5. The number of thiophene rings is 1. The second-order valence-electron chi connectivity index (χ2n) is 5.62. The normalized spacial score (nSPS) is 11.0. The first-order chi connectivity index (χ1) is 13.8. The Morgan fingerprint density at radius 2 is 1.55 bits per heavy atom. The summed E-state index contributed by atoms with van der Waals surface area (Å²) >= 11 is 12.8. The molecule has 0 fully saturated rings. The van der Waals surface area contributed by atoms with Gasteiger partial charge >= 0.3 is 0 Å². The number of carbonyl (C=O) groups excluding carboxylic acids is 2. The fourth-order valence-corrected chi connectivity index (χ4v) is 4.87. The number of halogens is 2. The fraction of sp³-hybridized carbons (Fsp3) is 0. The third kappa shape index (κ3) is 5.07. The molecule has 3 rings (SSSR count). The monoisotopic (exact) mass is 469 g/mol. The van der Waals surface area contributed by atoms with Crippen LogP contribution in [0.3, 0.4) is 0 Å². The van der Waals surface area contributed by atoms with Crippen molar-refractivity contribution in [2.45, 2.75) is 4.21 Å². The highest BCUT2D eigenvalue weighted by Gasteiger charge is 2.20. The highest BCUT2D eigenvalue weighted by molar-refractivity contribution is 7.94. The first-order valence-electron chi connectivity index (χ1n) is 7.99. The Kier molecular flexibility index (Phi) is 6.43. The van der Waals surface area contributed by atoms with E-state index in [1.54, 1.807) is 23.6 Å². The van der Waals surface area contributed by atoms with E-state index in [1.165, 1.54) is 36.4 Å². The standard InChI is InChI=1S/C18H13Cl2N3O4S2/c19-11-7-8-12(14(20)10-11)17(24)21-22-18(25)13-4-1-2-5-15(13)23-29(26,27)16-6-3-9-28-16/h1-10,23H,(H,21,24)(H,22,25). The van der Waals surface area contributed by atoms with Gasteiger partial charge in [0.1, 0.15) is 4.21 Å². The predicted molar refractivity (Wildman–Crippen MR) is 113 cm³/mol. The van der Waals surface area contributed by atoms with Gasteiger partial charge in [0.25, 0.3) is 21.8 Å². The third-order valence-electron chi connectivity index (χ3n) is 3.64. The summed E-state index contributed by atoms with van der Waals surface area (Å²) in [5.74, 6) is -1.37. The van der Waals surface area contributed by atoms with E-state index in [4.69, 9.17) is 23.2 Å². The van der Waals surface area contributed by atoms with Crippen LogP contribution in [0.4, 0.5) is 5.69 Å². The molecule has 0 saturated carbocycles. The van der Waals surface area contributed by atoms with Crippen LogP contribution in [0.25, 0.3) is 0 Å². The first-order valence-corrected chi connectivity index (χ1v) is 11.1. The number of para-hydroxylation sites is 1. The molecule has 3 aromatic rings. The van der Waals surface area contributed by atoms with Crippen LogP contribution in [0.2, 0.25) is 10.0 Å². The number of amides is 2. The zero-order valence-corrected chi connectivity index (χ0v) is 17.6. The van der Waals surface area contributed by atoms with Crippen molar-refractivity contribution < 1.29 is 18.0 Å². The number of hydrogen-bond acceptors (Lipinski definition) is 5. The molecule has 0 aliphatic rings. The van der Waals surface area contributed by atoms with Gasteiger partial charge < -0.3 is 0 Å². The van der Waals surface area contributed by atoms with Gasteiger partial charge in [-0.1, -0.05) is 41.4 Å². The van der Waals surface area contributed by atoms with Crippen molar-refractivity contribution in [2.75, 3.05) is 4.72 Å². The van der Waals surface area contributed by atoms with Crippen molar-refractivity contribution in [1.82, 2.24) is 10.9 Å². The van der Waals surface area contributed by atoms with E-state index in [-0.39, 0.29) is 26.0 Å². The number of hydrazine groups is 1. The molecule has 1 aromatic heterocycles. The number of nitrogens with one attached hydrogen (secondary N) is 3. The molecule has 0 saturated heterocycles. The van der Waals surface area contributed by atoms with Crippen molar-refractivity contribution in [1.29, 1.82) is 0 Å². The molecule has 0 unspecified atom stereocenters. The molecule has 0 spiro atoms. The molecule has 2 aromatic carbocycles. The van der Waals surface area contributed by atoms with Gasteiger partial charge in [0, 0.05) is 5.02 Å². The average Bonchev–Trinajstić information content (AvgIpc) is 3.22. The average molecular weight is 470 g/mol. The Hall–Kier alpha value is -2.59. The van der Waals surface area contributed by atoms with Crippen LogP contribution in [-0.2, 0) is 10.0 Å². The van der Waals surface area contributed by atoms with E-state index in [2.05, 4.69) is 15.6 Å². The number of rotatable bonds is 5. The predicted octanol–water partition coefficient (Wildman–Crippen LogP) is 3.93. The highest BCUT2D eigenvalue weighted by atomic mass is 35.5. The minimum absolute atomic E-state index is 0.0233. The lowest BCUT2D eigenvalue weighted by Crippen LogP contribution is -2.42. The van der Waals surface area contributed by atoms with Gasteiger partial charge in [0.2, 0.25) is 0 Å². The van der Waals surface area contributed by atoms with Crippen LogP contribution in [0.1, 0.15) is 20.7 Å². The summed E-state index contributed by atoms with van der Waals surface area (Å²) in [5.41, 5.74) is 4.68. The van der Waals surface area contributed by atoms with Gasteiger partial charge in [-0.2, -0.15) is 0 Å². The van der Waals surface area contributed by atoms with E-state index in [9.17, 15) is 18.0 Å². The molecule has 0 aliphatic heterocycles. The van der Waals surface area contributed by atoms with Crippen molar-refractivity contribution in [3.8, 4) is 0 Å². The molecule has 29 heavy (non-hydrogen) atoms. The quantitative estimate of drug-likeness (QED) is 0.492. The molecule has 0 aliphatic carbocycles. The van der Waals surface area contributed by atoms with Crippen LogP contribution in [-0.4, -0.2) is 20.2 Å². The maximum Gasteiger partial charge on any atom is 0.271 e. The summed E-state index contributed by atoms with van der Waals surface area (Å²) in [5, 5.41) is 2.11. The molecular weight excluding hydrogens is 457 g/mol. The van der Waals surface area contributed by atoms with Crippen LogP contribution >= 0.6 is 34.5 Å². The smallest absolute Gasteiger partial charge is 0.271 e. The summed E-state index contributed by atoms with van der Waals surface area (Å²) in [6.07, 6.45) is 0. The number of carbonyl (C=O) groups is 2. The minimum Gasteiger partial charge on any atom is -0.278 e. The second kappa shape index (κ2) is 8.83. The molecule has 0 radical (unpaired) electrons. The van der Waals surface area contributed by atoms with Crippen LogP contribution < -0.4 is 15.6 Å². The van der Waals surface area contributed by atoms with Gasteiger partial charge in [0.15, 0.2) is 0 Å². The molecule has 150 valence electrons. The van der Waals surface area contributed by atoms with Gasteiger partial charge in [-0.05, 0) is 41.8 Å².